The van der Waals surface area contributed by atoms with Gasteiger partial charge in [-0.15, -0.1) is 0 Å². The second kappa shape index (κ2) is 11.5. The largest absolute Gasteiger partial charge is 0.494 e. The third kappa shape index (κ3) is 5.96. The molecule has 7 nitrogen and oxygen atoms in total. The molecule has 0 unspecified atom stereocenters. The second-order valence-electron chi connectivity index (χ2n) is 8.45. The zero-order valence-corrected chi connectivity index (χ0v) is 21.8. The van der Waals surface area contributed by atoms with Crippen LogP contribution in [-0.4, -0.2) is 24.3 Å². The number of carbonyl (C=O) groups excluding carboxylic acids is 3. The van der Waals surface area contributed by atoms with Crippen molar-refractivity contribution in [2.24, 2.45) is 0 Å². The fourth-order valence-corrected chi connectivity index (χ4v) is 3.98. The highest BCUT2D eigenvalue weighted by molar-refractivity contribution is 6.53. The van der Waals surface area contributed by atoms with Crippen LogP contribution in [0.5, 0.6) is 5.75 Å². The predicted octanol–water partition coefficient (Wildman–Crippen LogP) is 6.52. The zero-order valence-electron chi connectivity index (χ0n) is 20.3. The number of benzene rings is 3. The van der Waals surface area contributed by atoms with Gasteiger partial charge in [-0.25, -0.2) is 4.90 Å². The quantitative estimate of drug-likeness (QED) is 0.239. The van der Waals surface area contributed by atoms with Gasteiger partial charge in [0.2, 0.25) is 0 Å². The van der Waals surface area contributed by atoms with Crippen LogP contribution in [-0.2, 0) is 9.59 Å². The molecule has 0 atom stereocenters. The van der Waals surface area contributed by atoms with E-state index in [1.54, 1.807) is 66.7 Å². The number of hydrogen-bond acceptors (Lipinski definition) is 5. The van der Waals surface area contributed by atoms with Gasteiger partial charge in [-0.05, 0) is 79.6 Å². The van der Waals surface area contributed by atoms with Gasteiger partial charge >= 0.3 is 0 Å². The van der Waals surface area contributed by atoms with Crippen LogP contribution in [0.15, 0.2) is 77.5 Å². The van der Waals surface area contributed by atoms with Gasteiger partial charge < -0.3 is 15.4 Å². The maximum absolute atomic E-state index is 13.1. The highest BCUT2D eigenvalue weighted by Crippen LogP contribution is 2.32. The average molecular weight is 538 g/mol. The number of unbranched alkanes of at least 4 members (excludes halogenated alkanes) is 1. The van der Waals surface area contributed by atoms with E-state index in [0.29, 0.717) is 34.3 Å². The van der Waals surface area contributed by atoms with Crippen LogP contribution < -0.4 is 20.3 Å². The lowest BCUT2D eigenvalue weighted by Gasteiger charge is -2.16. The summed E-state index contributed by atoms with van der Waals surface area (Å²) in [7, 11) is 0. The summed E-state index contributed by atoms with van der Waals surface area (Å²) < 4.78 is 5.65. The molecular weight excluding hydrogens is 513 g/mol. The molecule has 0 bridgehead atoms. The Morgan fingerprint density at radius 1 is 0.946 bits per heavy atom. The topological polar surface area (TPSA) is 87.7 Å². The Bertz CT molecular complexity index is 1370. The summed E-state index contributed by atoms with van der Waals surface area (Å²) in [6.07, 6.45) is 2.03. The van der Waals surface area contributed by atoms with Crippen LogP contribution >= 0.6 is 23.2 Å². The van der Waals surface area contributed by atoms with E-state index >= 15 is 0 Å². The van der Waals surface area contributed by atoms with E-state index in [0.717, 1.165) is 29.1 Å². The summed E-state index contributed by atoms with van der Waals surface area (Å²) in [4.78, 5) is 39.7. The predicted molar refractivity (Wildman–Crippen MR) is 146 cm³/mol. The van der Waals surface area contributed by atoms with E-state index in [4.69, 9.17) is 27.9 Å². The van der Waals surface area contributed by atoms with Gasteiger partial charge in [0.1, 0.15) is 16.5 Å². The number of ether oxygens (including phenoxy) is 1. The number of imide groups is 1. The molecule has 4 rings (SSSR count). The molecule has 9 heteroatoms. The van der Waals surface area contributed by atoms with Crippen LogP contribution in [0.2, 0.25) is 5.02 Å². The lowest BCUT2D eigenvalue weighted by molar-refractivity contribution is -0.120. The minimum Gasteiger partial charge on any atom is -0.494 e. The van der Waals surface area contributed by atoms with Crippen molar-refractivity contribution in [3.8, 4) is 5.75 Å². The van der Waals surface area contributed by atoms with E-state index < -0.39 is 11.8 Å². The van der Waals surface area contributed by atoms with Gasteiger partial charge in [-0.1, -0.05) is 42.6 Å². The number of amides is 3. The molecule has 1 aliphatic rings. The monoisotopic (exact) mass is 537 g/mol. The Morgan fingerprint density at radius 2 is 1.65 bits per heavy atom. The van der Waals surface area contributed by atoms with Crippen molar-refractivity contribution in [1.82, 2.24) is 0 Å². The minimum absolute atomic E-state index is 0.0686. The Balaban J connectivity index is 1.48. The average Bonchev–Trinajstić information content (AvgIpc) is 3.10. The summed E-state index contributed by atoms with van der Waals surface area (Å²) in [6, 6.07) is 18.4. The first kappa shape index (κ1) is 26.3. The zero-order chi connectivity index (χ0) is 26.5. The molecule has 0 fully saturated rings. The van der Waals surface area contributed by atoms with Gasteiger partial charge in [0, 0.05) is 22.0 Å². The molecule has 1 heterocycles. The third-order valence-corrected chi connectivity index (χ3v) is 6.35. The molecular formula is C28H25Cl2N3O4. The van der Waals surface area contributed by atoms with Crippen molar-refractivity contribution < 1.29 is 19.1 Å². The molecule has 0 aromatic heterocycles. The number of aryl methyl sites for hydroxylation is 1. The minimum atomic E-state index is -0.648. The molecule has 1 aliphatic heterocycles. The third-order valence-electron chi connectivity index (χ3n) is 5.75. The van der Waals surface area contributed by atoms with Crippen LogP contribution in [0, 0.1) is 6.92 Å². The number of nitrogens with zero attached hydrogens (tertiary/aromatic N) is 1. The fourth-order valence-electron chi connectivity index (χ4n) is 3.64. The molecule has 3 aromatic carbocycles. The first-order valence-corrected chi connectivity index (χ1v) is 12.5. The molecule has 0 radical (unpaired) electrons. The number of halogens is 2. The lowest BCUT2D eigenvalue weighted by Crippen LogP contribution is -2.32. The molecule has 190 valence electrons. The molecule has 37 heavy (non-hydrogen) atoms. The van der Waals surface area contributed by atoms with Gasteiger partial charge in [0.05, 0.1) is 12.3 Å². The molecule has 0 aliphatic carbocycles. The highest BCUT2D eigenvalue weighted by atomic mass is 35.5. The van der Waals surface area contributed by atoms with E-state index in [1.807, 2.05) is 6.92 Å². The Morgan fingerprint density at radius 3 is 2.32 bits per heavy atom. The molecule has 3 aromatic rings. The first-order valence-electron chi connectivity index (χ1n) is 11.7. The van der Waals surface area contributed by atoms with E-state index in [2.05, 4.69) is 17.6 Å². The Labute approximate surface area is 225 Å². The second-order valence-corrected chi connectivity index (χ2v) is 9.26. The lowest BCUT2D eigenvalue weighted by atomic mass is 10.1. The molecule has 0 saturated heterocycles. The molecule has 3 amide bonds. The summed E-state index contributed by atoms with van der Waals surface area (Å²) in [5.74, 6) is -0.848. The fraction of sp³-hybridized carbons (Fsp3) is 0.179. The van der Waals surface area contributed by atoms with Crippen LogP contribution in [0.3, 0.4) is 0 Å². The summed E-state index contributed by atoms with van der Waals surface area (Å²) >= 11 is 12.2. The Kier molecular flexibility index (Phi) is 8.16. The molecule has 0 saturated carbocycles. The number of rotatable bonds is 9. The van der Waals surface area contributed by atoms with Gasteiger partial charge in [0.25, 0.3) is 17.7 Å². The van der Waals surface area contributed by atoms with Crippen molar-refractivity contribution in [2.75, 3.05) is 22.1 Å². The van der Waals surface area contributed by atoms with Crippen LogP contribution in [0.1, 0.15) is 35.7 Å². The number of carbonyl (C=O) groups is 3. The van der Waals surface area contributed by atoms with Crippen LogP contribution in [0.25, 0.3) is 0 Å². The van der Waals surface area contributed by atoms with Crippen molar-refractivity contribution in [2.45, 2.75) is 26.7 Å². The van der Waals surface area contributed by atoms with E-state index in [-0.39, 0.29) is 16.6 Å². The number of nitrogens with one attached hydrogen (secondary N) is 2. The Hall–Kier alpha value is -3.81. The number of hydrogen-bond donors (Lipinski definition) is 2. The van der Waals surface area contributed by atoms with Gasteiger partial charge in [0.15, 0.2) is 0 Å². The summed E-state index contributed by atoms with van der Waals surface area (Å²) in [5.41, 5.74) is 2.48. The standard InChI is InChI=1S/C28H25Cl2N3O4/c1-3-4-15-37-22-13-9-20(10-14-22)31-26(34)18-6-5-17(2)23(16-18)32-25-24(30)27(35)33(28(25)36)21-11-7-19(29)8-12-21/h5-14,16,32H,3-4,15H2,1-2H3,(H,31,34). The van der Waals surface area contributed by atoms with Crippen molar-refractivity contribution in [3.63, 3.8) is 0 Å². The highest BCUT2D eigenvalue weighted by Gasteiger charge is 2.39. The molecule has 0 spiro atoms. The normalized spacial score (nSPS) is 13.2. The van der Waals surface area contributed by atoms with Crippen LogP contribution in [0.4, 0.5) is 17.1 Å². The van der Waals surface area contributed by atoms with E-state index in [9.17, 15) is 14.4 Å². The van der Waals surface area contributed by atoms with Gasteiger partial charge in [-0.2, -0.15) is 0 Å². The van der Waals surface area contributed by atoms with E-state index in [1.165, 1.54) is 0 Å². The van der Waals surface area contributed by atoms with Crippen molar-refractivity contribution >= 4 is 58.0 Å². The maximum atomic E-state index is 13.1. The smallest absolute Gasteiger partial charge is 0.283 e. The summed E-state index contributed by atoms with van der Waals surface area (Å²) in [6.45, 7) is 4.56. The number of anilines is 3. The summed E-state index contributed by atoms with van der Waals surface area (Å²) in [5, 5.41) is 6.04. The maximum Gasteiger partial charge on any atom is 0.283 e. The first-order chi connectivity index (χ1) is 17.8. The van der Waals surface area contributed by atoms with Gasteiger partial charge in [-0.3, -0.25) is 14.4 Å². The van der Waals surface area contributed by atoms with Crippen molar-refractivity contribution in [3.05, 3.63) is 93.6 Å². The SMILES string of the molecule is CCCCOc1ccc(NC(=O)c2ccc(C)c(NC3=C(Cl)C(=O)N(c4ccc(Cl)cc4)C3=O)c2)cc1. The molecule has 2 N–H and O–H groups in total. The van der Waals surface area contributed by atoms with Crippen molar-refractivity contribution in [1.29, 1.82) is 0 Å².